The molecule has 0 aliphatic carbocycles. The summed E-state index contributed by atoms with van der Waals surface area (Å²) in [6, 6.07) is 1.14. The van der Waals surface area contributed by atoms with Crippen LogP contribution in [0.3, 0.4) is 0 Å². The molecule has 0 saturated carbocycles. The normalized spacial score (nSPS) is 12.2. The SMILES string of the molecule is COc1c(C)cc(C(N)C(=O)N(C)N)c(C)c1C. The number of rotatable bonds is 3. The molecule has 1 amide bonds. The molecular weight excluding hydrogens is 230 g/mol. The number of hydrogen-bond donors (Lipinski definition) is 2. The van der Waals surface area contributed by atoms with Crippen molar-refractivity contribution in [3.63, 3.8) is 0 Å². The Balaban J connectivity index is 3.31. The minimum atomic E-state index is -0.747. The Hall–Kier alpha value is -1.59. The number of benzene rings is 1. The fourth-order valence-electron chi connectivity index (χ4n) is 2.08. The van der Waals surface area contributed by atoms with Crippen LogP contribution in [0.4, 0.5) is 0 Å². The number of nitrogens with two attached hydrogens (primary N) is 2. The van der Waals surface area contributed by atoms with Gasteiger partial charge in [0, 0.05) is 7.05 Å². The standard InChI is InChI=1S/C13H21N3O2/c1-7-6-10(11(14)13(17)16(4)15)8(2)9(3)12(7)18-5/h6,11H,14-15H2,1-5H3. The zero-order valence-corrected chi connectivity index (χ0v) is 11.6. The molecule has 0 fully saturated rings. The second kappa shape index (κ2) is 5.37. The number of hydrazine groups is 1. The number of ether oxygens (including phenoxy) is 1. The molecule has 0 spiro atoms. The third kappa shape index (κ3) is 2.47. The van der Waals surface area contributed by atoms with E-state index < -0.39 is 6.04 Å². The summed E-state index contributed by atoms with van der Waals surface area (Å²) < 4.78 is 5.34. The lowest BCUT2D eigenvalue weighted by Crippen LogP contribution is -2.40. The fraction of sp³-hybridized carbons (Fsp3) is 0.462. The Morgan fingerprint density at radius 3 is 2.33 bits per heavy atom. The third-order valence-electron chi connectivity index (χ3n) is 3.22. The van der Waals surface area contributed by atoms with Crippen LogP contribution in [0.25, 0.3) is 0 Å². The number of amides is 1. The first-order chi connectivity index (χ1) is 8.31. The molecule has 1 unspecified atom stereocenters. The summed E-state index contributed by atoms with van der Waals surface area (Å²) >= 11 is 0. The number of methoxy groups -OCH3 is 1. The Kier molecular flexibility index (Phi) is 4.32. The fourth-order valence-corrected chi connectivity index (χ4v) is 2.08. The number of carbonyl (C=O) groups is 1. The summed E-state index contributed by atoms with van der Waals surface area (Å²) in [4.78, 5) is 11.8. The van der Waals surface area contributed by atoms with E-state index in [1.807, 2.05) is 26.8 Å². The molecule has 0 bridgehead atoms. The van der Waals surface area contributed by atoms with E-state index in [4.69, 9.17) is 16.3 Å². The molecular formula is C13H21N3O2. The summed E-state index contributed by atoms with van der Waals surface area (Å²) in [6.45, 7) is 5.81. The van der Waals surface area contributed by atoms with Crippen molar-refractivity contribution >= 4 is 5.91 Å². The van der Waals surface area contributed by atoms with Crippen molar-refractivity contribution in [1.82, 2.24) is 5.01 Å². The van der Waals surface area contributed by atoms with Crippen LogP contribution >= 0.6 is 0 Å². The van der Waals surface area contributed by atoms with Gasteiger partial charge in [0.05, 0.1) is 7.11 Å². The van der Waals surface area contributed by atoms with Crippen LogP contribution in [-0.2, 0) is 4.79 Å². The van der Waals surface area contributed by atoms with E-state index >= 15 is 0 Å². The van der Waals surface area contributed by atoms with Crippen LogP contribution in [0, 0.1) is 20.8 Å². The molecule has 100 valence electrons. The molecule has 0 aromatic heterocycles. The molecule has 0 saturated heterocycles. The minimum Gasteiger partial charge on any atom is -0.496 e. The lowest BCUT2D eigenvalue weighted by Gasteiger charge is -2.21. The molecule has 1 aromatic rings. The molecule has 5 heteroatoms. The molecule has 4 N–H and O–H groups in total. The third-order valence-corrected chi connectivity index (χ3v) is 3.22. The van der Waals surface area contributed by atoms with E-state index in [2.05, 4.69) is 0 Å². The monoisotopic (exact) mass is 251 g/mol. The number of likely N-dealkylation sites (N-methyl/N-ethyl adjacent to an activating group) is 1. The number of nitrogens with zero attached hydrogens (tertiary/aromatic N) is 1. The number of carbonyl (C=O) groups excluding carboxylic acids is 1. The van der Waals surface area contributed by atoms with Crippen molar-refractivity contribution in [2.24, 2.45) is 11.6 Å². The molecule has 0 radical (unpaired) electrons. The number of aryl methyl sites for hydroxylation is 1. The molecule has 1 atom stereocenters. The van der Waals surface area contributed by atoms with Gasteiger partial charge in [-0.25, -0.2) is 5.84 Å². The van der Waals surface area contributed by atoms with E-state index in [1.54, 1.807) is 7.11 Å². The predicted molar refractivity (Wildman–Crippen MR) is 71.1 cm³/mol. The van der Waals surface area contributed by atoms with Gasteiger partial charge in [0.15, 0.2) is 0 Å². The smallest absolute Gasteiger partial charge is 0.257 e. The molecule has 18 heavy (non-hydrogen) atoms. The first kappa shape index (κ1) is 14.5. The van der Waals surface area contributed by atoms with E-state index in [0.29, 0.717) is 0 Å². The summed E-state index contributed by atoms with van der Waals surface area (Å²) in [5.41, 5.74) is 9.65. The zero-order valence-electron chi connectivity index (χ0n) is 11.6. The maximum absolute atomic E-state index is 11.8. The Morgan fingerprint density at radius 1 is 1.33 bits per heavy atom. The van der Waals surface area contributed by atoms with E-state index in [0.717, 1.165) is 33.0 Å². The molecule has 1 rings (SSSR count). The summed E-state index contributed by atoms with van der Waals surface area (Å²) in [5, 5.41) is 1.01. The molecule has 0 aliphatic rings. The summed E-state index contributed by atoms with van der Waals surface area (Å²) in [5.74, 6) is 5.95. The number of hydrogen-bond acceptors (Lipinski definition) is 4. The van der Waals surface area contributed by atoms with Crippen molar-refractivity contribution in [1.29, 1.82) is 0 Å². The summed E-state index contributed by atoms with van der Waals surface area (Å²) in [6.07, 6.45) is 0. The second-order valence-electron chi connectivity index (χ2n) is 4.49. The van der Waals surface area contributed by atoms with Crippen LogP contribution < -0.4 is 16.3 Å². The highest BCUT2D eigenvalue weighted by Gasteiger charge is 2.22. The average molecular weight is 251 g/mol. The largest absolute Gasteiger partial charge is 0.496 e. The van der Waals surface area contributed by atoms with Crippen LogP contribution in [0.15, 0.2) is 6.07 Å². The van der Waals surface area contributed by atoms with Gasteiger partial charge in [0.2, 0.25) is 0 Å². The first-order valence-corrected chi connectivity index (χ1v) is 5.73. The van der Waals surface area contributed by atoms with Crippen LogP contribution in [-0.4, -0.2) is 25.1 Å². The van der Waals surface area contributed by atoms with E-state index in [9.17, 15) is 4.79 Å². The molecule has 0 heterocycles. The van der Waals surface area contributed by atoms with E-state index in [-0.39, 0.29) is 5.91 Å². The van der Waals surface area contributed by atoms with Gasteiger partial charge in [-0.05, 0) is 43.0 Å². The van der Waals surface area contributed by atoms with Gasteiger partial charge < -0.3 is 10.5 Å². The van der Waals surface area contributed by atoms with Crippen LogP contribution in [0.5, 0.6) is 5.75 Å². The maximum Gasteiger partial charge on any atom is 0.257 e. The predicted octanol–water partition coefficient (Wildman–Crippen LogP) is 0.952. The first-order valence-electron chi connectivity index (χ1n) is 5.73. The lowest BCUT2D eigenvalue weighted by atomic mass is 9.94. The van der Waals surface area contributed by atoms with Gasteiger partial charge in [-0.15, -0.1) is 0 Å². The van der Waals surface area contributed by atoms with E-state index in [1.165, 1.54) is 7.05 Å². The Labute approximate surface area is 108 Å². The quantitative estimate of drug-likeness (QED) is 0.476. The highest BCUT2D eigenvalue weighted by atomic mass is 16.5. The van der Waals surface area contributed by atoms with Gasteiger partial charge in [0.25, 0.3) is 5.91 Å². The minimum absolute atomic E-state index is 0.318. The van der Waals surface area contributed by atoms with Crippen molar-refractivity contribution in [3.8, 4) is 5.75 Å². The topological polar surface area (TPSA) is 81.6 Å². The van der Waals surface area contributed by atoms with Crippen molar-refractivity contribution in [3.05, 3.63) is 28.3 Å². The zero-order chi connectivity index (χ0) is 14.0. The molecule has 5 nitrogen and oxygen atoms in total. The van der Waals surface area contributed by atoms with Gasteiger partial charge in [-0.3, -0.25) is 9.80 Å². The van der Waals surface area contributed by atoms with Gasteiger partial charge >= 0.3 is 0 Å². The van der Waals surface area contributed by atoms with Crippen molar-refractivity contribution in [2.45, 2.75) is 26.8 Å². The maximum atomic E-state index is 11.8. The Bertz CT molecular complexity index is 470. The van der Waals surface area contributed by atoms with Crippen LogP contribution in [0.2, 0.25) is 0 Å². The van der Waals surface area contributed by atoms with Gasteiger partial charge in [-0.1, -0.05) is 6.07 Å². The van der Waals surface area contributed by atoms with Crippen LogP contribution in [0.1, 0.15) is 28.3 Å². The lowest BCUT2D eigenvalue weighted by molar-refractivity contribution is -0.131. The molecule has 1 aromatic carbocycles. The second-order valence-corrected chi connectivity index (χ2v) is 4.49. The highest BCUT2D eigenvalue weighted by molar-refractivity contribution is 5.83. The average Bonchev–Trinajstić information content (AvgIpc) is 2.32. The van der Waals surface area contributed by atoms with Gasteiger partial charge in [0.1, 0.15) is 11.8 Å². The summed E-state index contributed by atoms with van der Waals surface area (Å²) in [7, 11) is 3.12. The van der Waals surface area contributed by atoms with Crippen molar-refractivity contribution < 1.29 is 9.53 Å². The van der Waals surface area contributed by atoms with Gasteiger partial charge in [-0.2, -0.15) is 0 Å². The Morgan fingerprint density at radius 2 is 1.89 bits per heavy atom. The molecule has 0 aliphatic heterocycles. The highest BCUT2D eigenvalue weighted by Crippen LogP contribution is 2.31. The van der Waals surface area contributed by atoms with Crippen molar-refractivity contribution in [2.75, 3.05) is 14.2 Å².